The summed E-state index contributed by atoms with van der Waals surface area (Å²) in [5.41, 5.74) is 14.7. The van der Waals surface area contributed by atoms with Crippen molar-refractivity contribution in [1.82, 2.24) is 0 Å². The lowest BCUT2D eigenvalue weighted by Crippen LogP contribution is -1.90. The van der Waals surface area contributed by atoms with Crippen LogP contribution in [0.1, 0.15) is 0 Å². The van der Waals surface area contributed by atoms with Gasteiger partial charge < -0.3 is 0 Å². The van der Waals surface area contributed by atoms with Gasteiger partial charge in [0, 0.05) is 0 Å². The first-order valence-electron chi connectivity index (χ1n) is 23.0. The van der Waals surface area contributed by atoms with Crippen LogP contribution in [0.25, 0.3) is 142 Å². The first-order valence-corrected chi connectivity index (χ1v) is 23.0. The maximum Gasteiger partial charge on any atom is -0.00203 e. The van der Waals surface area contributed by atoms with Crippen LogP contribution in [0, 0.1) is 0 Å². The van der Waals surface area contributed by atoms with Crippen LogP contribution in [0.15, 0.2) is 243 Å². The molecule has 0 atom stereocenters. The molecule has 0 bridgehead atoms. The standard InChI is InChI=1S/C66H40/c1-2-9-47-38-56(23-20-41(47)8-1)59-32-26-46-28-34-61-58(31-25-45-29-35-62(59)66(46)65(45)61)55-19-7-17-53(40-55)51-15-5-13-49(37-51)48-12-4-14-50(36-48)52-16-6-18-54(39-52)57-30-24-44-22-21-42-10-3-11-43-27-33-60(57)64(44)63(42)43/h1-40H. The number of fused-ring (bicyclic) bond motifs is 1. The molecule has 0 aliphatic heterocycles. The third kappa shape index (κ3) is 5.79. The van der Waals surface area contributed by atoms with Crippen molar-refractivity contribution in [2.75, 3.05) is 0 Å². The molecule has 0 saturated heterocycles. The van der Waals surface area contributed by atoms with Gasteiger partial charge in [0.25, 0.3) is 0 Å². The quantitative estimate of drug-likeness (QED) is 0.146. The Morgan fingerprint density at radius 3 is 0.894 bits per heavy atom. The molecule has 0 fully saturated rings. The van der Waals surface area contributed by atoms with Gasteiger partial charge in [-0.1, -0.05) is 212 Å². The van der Waals surface area contributed by atoms with Gasteiger partial charge in [-0.2, -0.15) is 0 Å². The van der Waals surface area contributed by atoms with Crippen molar-refractivity contribution in [2.24, 2.45) is 0 Å². The van der Waals surface area contributed by atoms with Crippen LogP contribution in [0.3, 0.4) is 0 Å². The van der Waals surface area contributed by atoms with Gasteiger partial charge in [-0.25, -0.2) is 0 Å². The Morgan fingerprint density at radius 1 is 0.152 bits per heavy atom. The van der Waals surface area contributed by atoms with E-state index in [1.165, 1.54) is 142 Å². The van der Waals surface area contributed by atoms with Gasteiger partial charge >= 0.3 is 0 Å². The minimum absolute atomic E-state index is 1.20. The van der Waals surface area contributed by atoms with Crippen molar-refractivity contribution >= 4 is 75.4 Å². The zero-order valence-corrected chi connectivity index (χ0v) is 36.1. The fraction of sp³-hybridized carbons (Fsp3) is 0. The normalized spacial score (nSPS) is 11.9. The number of hydrogen-bond acceptors (Lipinski definition) is 0. The molecule has 0 unspecified atom stereocenters. The van der Waals surface area contributed by atoms with Crippen molar-refractivity contribution in [3.8, 4) is 66.8 Å². The van der Waals surface area contributed by atoms with Gasteiger partial charge in [0.05, 0.1) is 0 Å². The summed E-state index contributed by atoms with van der Waals surface area (Å²) in [5, 5.41) is 18.2. The maximum atomic E-state index is 2.37. The van der Waals surface area contributed by atoms with Gasteiger partial charge in [0.2, 0.25) is 0 Å². The third-order valence-electron chi connectivity index (χ3n) is 14.3. The molecule has 0 heterocycles. The van der Waals surface area contributed by atoms with Gasteiger partial charge in [0.1, 0.15) is 0 Å². The Morgan fingerprint density at radius 2 is 0.439 bits per heavy atom. The molecule has 14 aromatic carbocycles. The Balaban J connectivity index is 0.811. The van der Waals surface area contributed by atoms with Crippen molar-refractivity contribution in [1.29, 1.82) is 0 Å². The molecule has 0 aliphatic carbocycles. The van der Waals surface area contributed by atoms with E-state index in [0.29, 0.717) is 0 Å². The molecule has 0 saturated carbocycles. The molecule has 14 rings (SSSR count). The molecule has 0 N–H and O–H groups in total. The molecule has 66 heavy (non-hydrogen) atoms. The van der Waals surface area contributed by atoms with Crippen LogP contribution in [0.4, 0.5) is 0 Å². The van der Waals surface area contributed by atoms with Crippen LogP contribution < -0.4 is 0 Å². The summed E-state index contributed by atoms with van der Waals surface area (Å²) in [4.78, 5) is 0. The van der Waals surface area contributed by atoms with Crippen LogP contribution in [0.2, 0.25) is 0 Å². The topological polar surface area (TPSA) is 0 Å². The minimum atomic E-state index is 1.20. The highest BCUT2D eigenvalue weighted by atomic mass is 14.2. The first-order chi connectivity index (χ1) is 32.7. The molecule has 0 amide bonds. The lowest BCUT2D eigenvalue weighted by atomic mass is 9.86. The Kier molecular flexibility index (Phi) is 8.08. The van der Waals surface area contributed by atoms with Crippen LogP contribution in [-0.2, 0) is 0 Å². The van der Waals surface area contributed by atoms with Crippen molar-refractivity contribution in [3.63, 3.8) is 0 Å². The molecule has 14 aromatic rings. The lowest BCUT2D eigenvalue weighted by Gasteiger charge is -2.17. The van der Waals surface area contributed by atoms with E-state index in [1.54, 1.807) is 0 Å². The van der Waals surface area contributed by atoms with Crippen LogP contribution in [-0.4, -0.2) is 0 Å². The van der Waals surface area contributed by atoms with Crippen molar-refractivity contribution in [2.45, 2.75) is 0 Å². The van der Waals surface area contributed by atoms with Gasteiger partial charge in [0.15, 0.2) is 0 Å². The second-order valence-corrected chi connectivity index (χ2v) is 18.0. The van der Waals surface area contributed by atoms with Crippen LogP contribution in [0.5, 0.6) is 0 Å². The second-order valence-electron chi connectivity index (χ2n) is 18.0. The molecule has 0 aromatic heterocycles. The summed E-state index contributed by atoms with van der Waals surface area (Å²) in [6.45, 7) is 0. The van der Waals surface area contributed by atoms with E-state index in [2.05, 4.69) is 243 Å². The van der Waals surface area contributed by atoms with E-state index in [4.69, 9.17) is 0 Å². The maximum absolute atomic E-state index is 2.37. The third-order valence-corrected chi connectivity index (χ3v) is 14.3. The van der Waals surface area contributed by atoms with E-state index in [0.717, 1.165) is 0 Å². The number of hydrogen-bond donors (Lipinski definition) is 0. The lowest BCUT2D eigenvalue weighted by molar-refractivity contribution is 1.57. The van der Waals surface area contributed by atoms with Crippen molar-refractivity contribution < 1.29 is 0 Å². The summed E-state index contributed by atoms with van der Waals surface area (Å²) in [7, 11) is 0. The average Bonchev–Trinajstić information content (AvgIpc) is 3.39. The zero-order chi connectivity index (χ0) is 43.3. The predicted molar refractivity (Wildman–Crippen MR) is 284 cm³/mol. The highest BCUT2D eigenvalue weighted by Gasteiger charge is 2.17. The Hall–Kier alpha value is -8.58. The smallest absolute Gasteiger partial charge is 0.00203 e. The van der Waals surface area contributed by atoms with Gasteiger partial charge in [-0.3, -0.25) is 0 Å². The largest absolute Gasteiger partial charge is 0.0616 e. The summed E-state index contributed by atoms with van der Waals surface area (Å²) >= 11 is 0. The SMILES string of the molecule is c1cc(-c2cccc(-c3cccc(-c4ccc5ccc6c(-c7ccc8ccccc8c7)ccc7ccc4c5c76)c3)c2)cc(-c2cccc(-c3ccc4ccc5cccc6ccc3c4c56)c2)c1. The molecular weight excluding hydrogens is 793 g/mol. The van der Waals surface area contributed by atoms with E-state index >= 15 is 0 Å². The number of rotatable bonds is 6. The molecule has 0 nitrogen and oxygen atoms in total. The molecule has 0 aliphatic rings. The van der Waals surface area contributed by atoms with Gasteiger partial charge in [-0.15, -0.1) is 0 Å². The van der Waals surface area contributed by atoms with Crippen LogP contribution >= 0.6 is 0 Å². The van der Waals surface area contributed by atoms with E-state index in [9.17, 15) is 0 Å². The fourth-order valence-electron chi connectivity index (χ4n) is 11.1. The summed E-state index contributed by atoms with van der Waals surface area (Å²) < 4.78 is 0. The van der Waals surface area contributed by atoms with E-state index in [-0.39, 0.29) is 0 Å². The summed E-state index contributed by atoms with van der Waals surface area (Å²) in [6.07, 6.45) is 0. The zero-order valence-electron chi connectivity index (χ0n) is 36.1. The Bertz CT molecular complexity index is 4210. The second kappa shape index (κ2) is 14.5. The molecular formula is C66H40. The highest BCUT2D eigenvalue weighted by molar-refractivity contribution is 6.28. The first kappa shape index (κ1) is 36.9. The van der Waals surface area contributed by atoms with Gasteiger partial charge in [-0.05, 0) is 173 Å². The molecule has 304 valence electrons. The minimum Gasteiger partial charge on any atom is -0.0616 e. The van der Waals surface area contributed by atoms with E-state index in [1.807, 2.05) is 0 Å². The molecule has 0 radical (unpaired) electrons. The highest BCUT2D eigenvalue weighted by Crippen LogP contribution is 2.44. The predicted octanol–water partition coefficient (Wildman–Crippen LogP) is 18.6. The summed E-state index contributed by atoms with van der Waals surface area (Å²) in [6, 6.07) is 90.4. The fourth-order valence-corrected chi connectivity index (χ4v) is 11.1. The average molecular weight is 833 g/mol. The monoisotopic (exact) mass is 832 g/mol. The van der Waals surface area contributed by atoms with Crippen molar-refractivity contribution in [3.05, 3.63) is 243 Å². The number of benzene rings is 14. The Labute approximate surface area is 383 Å². The molecule has 0 heteroatoms. The molecule has 0 spiro atoms. The summed E-state index contributed by atoms with van der Waals surface area (Å²) in [5.74, 6) is 0. The van der Waals surface area contributed by atoms with E-state index < -0.39 is 0 Å².